The molecule has 2 aromatic rings. The van der Waals surface area contributed by atoms with Crippen molar-refractivity contribution in [2.75, 3.05) is 11.4 Å². The van der Waals surface area contributed by atoms with E-state index in [0.717, 1.165) is 24.4 Å². The summed E-state index contributed by atoms with van der Waals surface area (Å²) in [6, 6.07) is 2.91. The van der Waals surface area contributed by atoms with Gasteiger partial charge in [-0.05, 0) is 31.0 Å². The number of ether oxygens (including phenoxy) is 1. The van der Waals surface area contributed by atoms with E-state index in [1.165, 1.54) is 0 Å². The zero-order valence-corrected chi connectivity index (χ0v) is 11.4. The minimum absolute atomic E-state index is 0.103. The monoisotopic (exact) mass is 315 g/mol. The fourth-order valence-electron chi connectivity index (χ4n) is 2.81. The Kier molecular flexibility index (Phi) is 3.91. The fraction of sp³-hybridized carbons (Fsp3) is 0.357. The standard InChI is InChI=1S/C14H13F4N3O/c15-8-3-4-12(22-14(17)18)9(6-8)11-2-1-5-21(11)13-10(16)7-19-20-13/h3-4,6-7,11,14H,1-2,5H2,(H,19,20). The molecule has 22 heavy (non-hydrogen) atoms. The summed E-state index contributed by atoms with van der Waals surface area (Å²) in [5, 5.41) is 6.16. The van der Waals surface area contributed by atoms with E-state index in [2.05, 4.69) is 14.9 Å². The van der Waals surface area contributed by atoms with Crippen LogP contribution in [0.5, 0.6) is 5.75 Å². The van der Waals surface area contributed by atoms with E-state index >= 15 is 0 Å². The Balaban J connectivity index is 1.98. The first kappa shape index (κ1) is 14.7. The van der Waals surface area contributed by atoms with E-state index in [0.29, 0.717) is 19.4 Å². The summed E-state index contributed by atoms with van der Waals surface area (Å²) in [6.45, 7) is -2.50. The second-order valence-electron chi connectivity index (χ2n) is 4.98. The van der Waals surface area contributed by atoms with Gasteiger partial charge in [-0.25, -0.2) is 8.78 Å². The third-order valence-electron chi connectivity index (χ3n) is 3.66. The van der Waals surface area contributed by atoms with E-state index in [-0.39, 0.29) is 17.1 Å². The number of nitrogens with one attached hydrogen (secondary N) is 1. The van der Waals surface area contributed by atoms with Crippen LogP contribution in [0, 0.1) is 11.6 Å². The predicted octanol–water partition coefficient (Wildman–Crippen LogP) is 3.63. The second kappa shape index (κ2) is 5.86. The zero-order valence-electron chi connectivity index (χ0n) is 11.4. The van der Waals surface area contributed by atoms with Gasteiger partial charge in [-0.15, -0.1) is 0 Å². The second-order valence-corrected chi connectivity index (χ2v) is 4.98. The van der Waals surface area contributed by atoms with Crippen molar-refractivity contribution in [1.82, 2.24) is 10.2 Å². The van der Waals surface area contributed by atoms with Crippen LogP contribution in [0.3, 0.4) is 0 Å². The molecular formula is C14H13F4N3O. The number of halogens is 4. The van der Waals surface area contributed by atoms with Crippen molar-refractivity contribution < 1.29 is 22.3 Å². The first-order chi connectivity index (χ1) is 10.6. The predicted molar refractivity (Wildman–Crippen MR) is 70.9 cm³/mol. The lowest BCUT2D eigenvalue weighted by molar-refractivity contribution is -0.0506. The maximum absolute atomic E-state index is 13.7. The molecule has 3 rings (SSSR count). The van der Waals surface area contributed by atoms with Gasteiger partial charge in [-0.2, -0.15) is 13.9 Å². The number of aromatic nitrogens is 2. The SMILES string of the molecule is Fc1ccc(OC(F)F)c(C2CCCN2c2[nH]ncc2F)c1. The summed E-state index contributed by atoms with van der Waals surface area (Å²) in [6.07, 6.45) is 2.32. The average Bonchev–Trinajstić information content (AvgIpc) is 3.08. The van der Waals surface area contributed by atoms with E-state index in [4.69, 9.17) is 0 Å². The van der Waals surface area contributed by atoms with Crippen LogP contribution in [0.2, 0.25) is 0 Å². The van der Waals surface area contributed by atoms with Gasteiger partial charge in [-0.3, -0.25) is 5.10 Å². The fourth-order valence-corrected chi connectivity index (χ4v) is 2.81. The molecular weight excluding hydrogens is 302 g/mol. The van der Waals surface area contributed by atoms with Crippen LogP contribution in [0.15, 0.2) is 24.4 Å². The Morgan fingerprint density at radius 1 is 1.32 bits per heavy atom. The smallest absolute Gasteiger partial charge is 0.387 e. The molecule has 1 unspecified atom stereocenters. The highest BCUT2D eigenvalue weighted by Gasteiger charge is 2.32. The number of H-pyrrole nitrogens is 1. The van der Waals surface area contributed by atoms with Crippen molar-refractivity contribution in [1.29, 1.82) is 0 Å². The Morgan fingerprint density at radius 3 is 2.82 bits per heavy atom. The Bertz CT molecular complexity index is 661. The molecule has 118 valence electrons. The van der Waals surface area contributed by atoms with Crippen molar-refractivity contribution in [3.63, 3.8) is 0 Å². The van der Waals surface area contributed by atoms with Crippen molar-refractivity contribution >= 4 is 5.82 Å². The number of aromatic amines is 1. The minimum Gasteiger partial charge on any atom is -0.434 e. The molecule has 0 saturated carbocycles. The molecule has 1 aromatic carbocycles. The average molecular weight is 315 g/mol. The van der Waals surface area contributed by atoms with Crippen molar-refractivity contribution in [3.8, 4) is 5.75 Å². The molecule has 1 aliphatic heterocycles. The molecule has 1 saturated heterocycles. The Morgan fingerprint density at radius 2 is 2.14 bits per heavy atom. The number of nitrogens with zero attached hydrogens (tertiary/aromatic N) is 2. The van der Waals surface area contributed by atoms with Gasteiger partial charge in [0.15, 0.2) is 11.6 Å². The van der Waals surface area contributed by atoms with Crippen molar-refractivity contribution in [2.45, 2.75) is 25.5 Å². The van der Waals surface area contributed by atoms with Gasteiger partial charge < -0.3 is 9.64 Å². The van der Waals surface area contributed by atoms with E-state index < -0.39 is 24.3 Å². The van der Waals surface area contributed by atoms with Crippen LogP contribution in [-0.4, -0.2) is 23.4 Å². The highest BCUT2D eigenvalue weighted by Crippen LogP contribution is 2.40. The van der Waals surface area contributed by atoms with E-state index in [9.17, 15) is 17.6 Å². The molecule has 1 fully saturated rings. The third-order valence-corrected chi connectivity index (χ3v) is 3.66. The maximum Gasteiger partial charge on any atom is 0.387 e. The first-order valence-electron chi connectivity index (χ1n) is 6.76. The normalized spacial score (nSPS) is 18.2. The minimum atomic E-state index is -3.01. The van der Waals surface area contributed by atoms with Gasteiger partial charge in [0.25, 0.3) is 0 Å². The summed E-state index contributed by atoms with van der Waals surface area (Å²) in [5.41, 5.74) is 0.270. The molecule has 0 radical (unpaired) electrons. The molecule has 0 amide bonds. The lowest BCUT2D eigenvalue weighted by Crippen LogP contribution is -2.24. The number of hydrogen-bond acceptors (Lipinski definition) is 3. The molecule has 0 spiro atoms. The molecule has 4 nitrogen and oxygen atoms in total. The maximum atomic E-state index is 13.7. The number of benzene rings is 1. The lowest BCUT2D eigenvalue weighted by atomic mass is 10.0. The summed E-state index contributed by atoms with van der Waals surface area (Å²) >= 11 is 0. The lowest BCUT2D eigenvalue weighted by Gasteiger charge is -2.26. The van der Waals surface area contributed by atoms with E-state index in [1.54, 1.807) is 4.90 Å². The largest absolute Gasteiger partial charge is 0.434 e. The third kappa shape index (κ3) is 2.72. The van der Waals surface area contributed by atoms with Crippen molar-refractivity contribution in [3.05, 3.63) is 41.6 Å². The summed E-state index contributed by atoms with van der Waals surface area (Å²) in [5.74, 6) is -1.05. The van der Waals surface area contributed by atoms with Crippen LogP contribution in [-0.2, 0) is 0 Å². The van der Waals surface area contributed by atoms with Gasteiger partial charge in [0.2, 0.25) is 0 Å². The van der Waals surface area contributed by atoms with Crippen molar-refractivity contribution in [2.24, 2.45) is 0 Å². The van der Waals surface area contributed by atoms with E-state index in [1.807, 2.05) is 0 Å². The van der Waals surface area contributed by atoms with Gasteiger partial charge >= 0.3 is 6.61 Å². The van der Waals surface area contributed by atoms with Gasteiger partial charge in [-0.1, -0.05) is 0 Å². The van der Waals surface area contributed by atoms with Gasteiger partial charge in [0, 0.05) is 12.1 Å². The topological polar surface area (TPSA) is 41.1 Å². The molecule has 1 N–H and O–H groups in total. The number of rotatable bonds is 4. The highest BCUT2D eigenvalue weighted by atomic mass is 19.3. The van der Waals surface area contributed by atoms with Crippen LogP contribution in [0.1, 0.15) is 24.4 Å². The quantitative estimate of drug-likeness (QED) is 0.876. The summed E-state index contributed by atoms with van der Waals surface area (Å²) in [7, 11) is 0. The Hall–Kier alpha value is -2.25. The van der Waals surface area contributed by atoms with Crippen LogP contribution in [0.4, 0.5) is 23.4 Å². The number of hydrogen-bond donors (Lipinski definition) is 1. The van der Waals surface area contributed by atoms with Crippen LogP contribution < -0.4 is 9.64 Å². The molecule has 0 bridgehead atoms. The molecule has 1 aromatic heterocycles. The summed E-state index contributed by atoms with van der Waals surface area (Å²) < 4.78 is 56.7. The molecule has 2 heterocycles. The van der Waals surface area contributed by atoms with Gasteiger partial charge in [0.1, 0.15) is 11.6 Å². The van der Waals surface area contributed by atoms with Crippen LogP contribution >= 0.6 is 0 Å². The molecule has 0 aliphatic carbocycles. The summed E-state index contributed by atoms with van der Waals surface area (Å²) in [4.78, 5) is 1.65. The molecule has 1 atom stereocenters. The van der Waals surface area contributed by atoms with Crippen LogP contribution in [0.25, 0.3) is 0 Å². The number of anilines is 1. The zero-order chi connectivity index (χ0) is 15.7. The highest BCUT2D eigenvalue weighted by molar-refractivity contribution is 5.48. The number of alkyl halides is 2. The van der Waals surface area contributed by atoms with Gasteiger partial charge in [0.05, 0.1) is 12.2 Å². The Labute approximate surface area is 123 Å². The molecule has 1 aliphatic rings. The first-order valence-corrected chi connectivity index (χ1v) is 6.76. The molecule has 8 heteroatoms.